The van der Waals surface area contributed by atoms with Crippen molar-refractivity contribution in [2.24, 2.45) is 11.7 Å². The van der Waals surface area contributed by atoms with Crippen LogP contribution in [0.1, 0.15) is 63.6 Å². The molecule has 0 aromatic carbocycles. The molecule has 1 atom stereocenters. The molecule has 1 aliphatic carbocycles. The third-order valence-corrected chi connectivity index (χ3v) is 4.44. The summed E-state index contributed by atoms with van der Waals surface area (Å²) in [5.74, 6) is 2.06. The lowest BCUT2D eigenvalue weighted by Crippen LogP contribution is -2.32. The number of aryl methyl sites for hydroxylation is 1. The van der Waals surface area contributed by atoms with Crippen LogP contribution in [0.15, 0.2) is 4.52 Å². The lowest BCUT2D eigenvalue weighted by atomic mass is 9.84. The second-order valence-corrected chi connectivity index (χ2v) is 5.99. The van der Waals surface area contributed by atoms with E-state index < -0.39 is 0 Å². The number of methoxy groups -OCH3 is 1. The minimum absolute atomic E-state index is 0.317. The molecule has 0 spiro atoms. The lowest BCUT2D eigenvalue weighted by Gasteiger charge is -2.32. The summed E-state index contributed by atoms with van der Waals surface area (Å²) in [5, 5.41) is 4.17. The normalized spacial score (nSPS) is 19.9. The molecule has 1 aromatic heterocycles. The predicted octanol–water partition coefficient (Wildman–Crippen LogP) is 2.79. The molecule has 20 heavy (non-hydrogen) atoms. The third-order valence-electron chi connectivity index (χ3n) is 4.44. The SMILES string of the molecule is COC1(c2noc(CCC(C)CCN)n2)CCCCC1. The summed E-state index contributed by atoms with van der Waals surface area (Å²) in [5.41, 5.74) is 5.25. The molecule has 1 aliphatic rings. The van der Waals surface area contributed by atoms with Gasteiger partial charge in [0.15, 0.2) is 0 Å². The molecule has 2 N–H and O–H groups in total. The van der Waals surface area contributed by atoms with E-state index in [1.165, 1.54) is 19.3 Å². The van der Waals surface area contributed by atoms with Crippen LogP contribution in [-0.2, 0) is 16.8 Å². The molecule has 0 amide bonds. The third kappa shape index (κ3) is 3.58. The second kappa shape index (κ2) is 7.18. The standard InChI is InChI=1S/C15H27N3O2/c1-12(8-11-16)6-7-13-17-14(18-20-13)15(19-2)9-4-3-5-10-15/h12H,3-11,16H2,1-2H3. The van der Waals surface area contributed by atoms with Crippen LogP contribution in [0.5, 0.6) is 0 Å². The lowest BCUT2D eigenvalue weighted by molar-refractivity contribution is -0.0527. The van der Waals surface area contributed by atoms with Crippen molar-refractivity contribution in [3.8, 4) is 0 Å². The minimum Gasteiger partial charge on any atom is -0.370 e. The number of hydrogen-bond donors (Lipinski definition) is 1. The molecule has 1 unspecified atom stereocenters. The fourth-order valence-corrected chi connectivity index (χ4v) is 2.98. The van der Waals surface area contributed by atoms with Crippen molar-refractivity contribution in [3.63, 3.8) is 0 Å². The molecular formula is C15H27N3O2. The van der Waals surface area contributed by atoms with Gasteiger partial charge in [0.05, 0.1) is 0 Å². The molecule has 0 radical (unpaired) electrons. The highest BCUT2D eigenvalue weighted by Crippen LogP contribution is 2.38. The van der Waals surface area contributed by atoms with Gasteiger partial charge >= 0.3 is 0 Å². The highest BCUT2D eigenvalue weighted by atomic mass is 16.5. The van der Waals surface area contributed by atoms with E-state index in [0.717, 1.165) is 50.4 Å². The van der Waals surface area contributed by atoms with Crippen LogP contribution in [0.25, 0.3) is 0 Å². The number of hydrogen-bond acceptors (Lipinski definition) is 5. The van der Waals surface area contributed by atoms with Gasteiger partial charge in [0, 0.05) is 13.5 Å². The number of ether oxygens (including phenoxy) is 1. The summed E-state index contributed by atoms with van der Waals surface area (Å²) in [7, 11) is 1.75. The average Bonchev–Trinajstić information content (AvgIpc) is 2.96. The van der Waals surface area contributed by atoms with Crippen molar-refractivity contribution in [2.45, 2.75) is 63.9 Å². The highest BCUT2D eigenvalue weighted by molar-refractivity contribution is 5.03. The highest BCUT2D eigenvalue weighted by Gasteiger charge is 2.38. The Morgan fingerprint density at radius 1 is 1.30 bits per heavy atom. The predicted molar refractivity (Wildman–Crippen MR) is 77.2 cm³/mol. The Bertz CT molecular complexity index is 400. The maximum absolute atomic E-state index is 5.74. The van der Waals surface area contributed by atoms with Crippen LogP contribution in [0.2, 0.25) is 0 Å². The molecular weight excluding hydrogens is 254 g/mol. The van der Waals surface area contributed by atoms with E-state index in [1.54, 1.807) is 7.11 Å². The minimum atomic E-state index is -0.317. The van der Waals surface area contributed by atoms with E-state index >= 15 is 0 Å². The van der Waals surface area contributed by atoms with E-state index in [0.29, 0.717) is 5.92 Å². The van der Waals surface area contributed by atoms with Gasteiger partial charge in [-0.3, -0.25) is 0 Å². The quantitative estimate of drug-likeness (QED) is 0.832. The number of rotatable bonds is 7. The zero-order valence-electron chi connectivity index (χ0n) is 12.7. The Kier molecular flexibility index (Phi) is 5.54. The van der Waals surface area contributed by atoms with Crippen molar-refractivity contribution in [1.29, 1.82) is 0 Å². The Balaban J connectivity index is 1.97. The van der Waals surface area contributed by atoms with Gasteiger partial charge in [-0.2, -0.15) is 4.98 Å². The van der Waals surface area contributed by atoms with Gasteiger partial charge in [-0.1, -0.05) is 31.3 Å². The summed E-state index contributed by atoms with van der Waals surface area (Å²) in [6.07, 6.45) is 8.51. The zero-order chi connectivity index (χ0) is 14.4. The van der Waals surface area contributed by atoms with Crippen LogP contribution in [0.3, 0.4) is 0 Å². The van der Waals surface area contributed by atoms with Crippen molar-refractivity contribution in [3.05, 3.63) is 11.7 Å². The fraction of sp³-hybridized carbons (Fsp3) is 0.867. The van der Waals surface area contributed by atoms with E-state index in [1.807, 2.05) is 0 Å². The van der Waals surface area contributed by atoms with Gasteiger partial charge in [0.25, 0.3) is 0 Å². The molecule has 114 valence electrons. The molecule has 0 aliphatic heterocycles. The van der Waals surface area contributed by atoms with Crippen LogP contribution in [-0.4, -0.2) is 23.8 Å². The summed E-state index contributed by atoms with van der Waals surface area (Å²) in [6, 6.07) is 0. The Morgan fingerprint density at radius 3 is 2.70 bits per heavy atom. The van der Waals surface area contributed by atoms with Crippen LogP contribution < -0.4 is 5.73 Å². The second-order valence-electron chi connectivity index (χ2n) is 5.99. The van der Waals surface area contributed by atoms with E-state index in [2.05, 4.69) is 17.1 Å². The van der Waals surface area contributed by atoms with Crippen molar-refractivity contribution < 1.29 is 9.26 Å². The van der Waals surface area contributed by atoms with Crippen LogP contribution in [0.4, 0.5) is 0 Å². The molecule has 0 bridgehead atoms. The Labute approximate surface area is 121 Å². The molecule has 1 aromatic rings. The fourth-order valence-electron chi connectivity index (χ4n) is 2.98. The first-order valence-electron chi connectivity index (χ1n) is 7.78. The van der Waals surface area contributed by atoms with Gasteiger partial charge in [0.1, 0.15) is 5.60 Å². The van der Waals surface area contributed by atoms with Crippen molar-refractivity contribution in [2.75, 3.05) is 13.7 Å². The van der Waals surface area contributed by atoms with Gasteiger partial charge < -0.3 is 15.0 Å². The maximum Gasteiger partial charge on any atom is 0.226 e. The first-order chi connectivity index (χ1) is 9.70. The van der Waals surface area contributed by atoms with Crippen LogP contribution in [0, 0.1) is 5.92 Å². The zero-order valence-corrected chi connectivity index (χ0v) is 12.7. The topological polar surface area (TPSA) is 74.2 Å². The van der Waals surface area contributed by atoms with Gasteiger partial charge in [-0.15, -0.1) is 0 Å². The smallest absolute Gasteiger partial charge is 0.226 e. The van der Waals surface area contributed by atoms with Crippen LogP contribution >= 0.6 is 0 Å². The van der Waals surface area contributed by atoms with E-state index in [4.69, 9.17) is 15.0 Å². The molecule has 5 nitrogen and oxygen atoms in total. The molecule has 1 fully saturated rings. The monoisotopic (exact) mass is 281 g/mol. The summed E-state index contributed by atoms with van der Waals surface area (Å²) < 4.78 is 11.1. The summed E-state index contributed by atoms with van der Waals surface area (Å²) in [6.45, 7) is 2.95. The Morgan fingerprint density at radius 2 is 2.05 bits per heavy atom. The van der Waals surface area contributed by atoms with E-state index in [-0.39, 0.29) is 5.60 Å². The molecule has 2 rings (SSSR count). The van der Waals surface area contributed by atoms with Crippen molar-refractivity contribution in [1.82, 2.24) is 10.1 Å². The number of nitrogens with two attached hydrogens (primary N) is 1. The van der Waals surface area contributed by atoms with E-state index in [9.17, 15) is 0 Å². The summed E-state index contributed by atoms with van der Waals surface area (Å²) >= 11 is 0. The van der Waals surface area contributed by atoms with Gasteiger partial charge in [0.2, 0.25) is 11.7 Å². The van der Waals surface area contributed by atoms with Gasteiger partial charge in [-0.05, 0) is 38.1 Å². The average molecular weight is 281 g/mol. The first-order valence-corrected chi connectivity index (χ1v) is 7.78. The molecule has 1 saturated carbocycles. The largest absolute Gasteiger partial charge is 0.370 e. The number of nitrogens with zero attached hydrogens (tertiary/aromatic N) is 2. The maximum atomic E-state index is 5.74. The molecule has 1 heterocycles. The molecule has 5 heteroatoms. The Hall–Kier alpha value is -0.940. The first kappa shape index (κ1) is 15.4. The van der Waals surface area contributed by atoms with Gasteiger partial charge in [-0.25, -0.2) is 0 Å². The van der Waals surface area contributed by atoms with Crippen molar-refractivity contribution >= 4 is 0 Å². The molecule has 0 saturated heterocycles. The number of aromatic nitrogens is 2. The summed E-state index contributed by atoms with van der Waals surface area (Å²) in [4.78, 5) is 4.57.